The minimum atomic E-state index is -3.84. The number of benzene rings is 3. The summed E-state index contributed by atoms with van der Waals surface area (Å²) < 4.78 is 27.9. The predicted molar refractivity (Wildman–Crippen MR) is 118 cm³/mol. The van der Waals surface area contributed by atoms with Crippen LogP contribution in [0.25, 0.3) is 0 Å². The molecule has 9 heteroatoms. The summed E-state index contributed by atoms with van der Waals surface area (Å²) in [5.74, 6) is -0.521. The fraction of sp³-hybridized carbons (Fsp3) is 0.0500. The second kappa shape index (κ2) is 8.63. The van der Waals surface area contributed by atoms with E-state index in [0.29, 0.717) is 0 Å². The maximum absolute atomic E-state index is 12.7. The number of halogens is 3. The number of hydrogen-bond acceptors (Lipinski definition) is 3. The summed E-state index contributed by atoms with van der Waals surface area (Å²) in [6.07, 6.45) is 0. The molecule has 0 heterocycles. The van der Waals surface area contributed by atoms with Gasteiger partial charge in [0.05, 0.1) is 31.3 Å². The normalized spacial score (nSPS) is 11.2. The SMILES string of the molecule is Cc1cccc(S(=O)(=O)Nc2ccccc2NC(=O)c2cc(Cl)c(Cl)c(Cl)c2)c1. The number of aryl methyl sites for hydroxylation is 1. The molecule has 1 amide bonds. The van der Waals surface area contributed by atoms with Crippen molar-refractivity contribution in [2.24, 2.45) is 0 Å². The van der Waals surface area contributed by atoms with Crippen LogP contribution in [0, 0.1) is 6.92 Å². The zero-order chi connectivity index (χ0) is 21.2. The van der Waals surface area contributed by atoms with E-state index in [2.05, 4.69) is 10.0 Å². The van der Waals surface area contributed by atoms with Crippen molar-refractivity contribution < 1.29 is 13.2 Å². The van der Waals surface area contributed by atoms with Gasteiger partial charge in [0.15, 0.2) is 0 Å². The van der Waals surface area contributed by atoms with Gasteiger partial charge in [-0.05, 0) is 48.9 Å². The average Bonchev–Trinajstić information content (AvgIpc) is 2.67. The van der Waals surface area contributed by atoms with E-state index in [9.17, 15) is 13.2 Å². The summed E-state index contributed by atoms with van der Waals surface area (Å²) >= 11 is 17.9. The third kappa shape index (κ3) is 5.03. The summed E-state index contributed by atoms with van der Waals surface area (Å²) in [4.78, 5) is 12.7. The van der Waals surface area contributed by atoms with Crippen molar-refractivity contribution in [2.75, 3.05) is 10.0 Å². The zero-order valence-corrected chi connectivity index (χ0v) is 18.1. The monoisotopic (exact) mass is 468 g/mol. The first-order chi connectivity index (χ1) is 13.7. The van der Waals surface area contributed by atoms with E-state index >= 15 is 0 Å². The van der Waals surface area contributed by atoms with Gasteiger partial charge in [-0.15, -0.1) is 0 Å². The standard InChI is InChI=1S/C20H15Cl3N2O3S/c1-12-5-4-6-14(9-12)29(27,28)25-18-8-3-2-7-17(18)24-20(26)13-10-15(21)19(23)16(22)11-13/h2-11,25H,1H3,(H,24,26). The van der Waals surface area contributed by atoms with Crippen molar-refractivity contribution in [1.29, 1.82) is 0 Å². The Kier molecular flexibility index (Phi) is 6.39. The number of para-hydroxylation sites is 2. The molecule has 0 aliphatic carbocycles. The molecule has 3 aromatic rings. The van der Waals surface area contributed by atoms with Crippen LogP contribution in [0.4, 0.5) is 11.4 Å². The third-order valence-electron chi connectivity index (χ3n) is 3.97. The van der Waals surface area contributed by atoms with E-state index in [-0.39, 0.29) is 36.9 Å². The van der Waals surface area contributed by atoms with Crippen LogP contribution >= 0.6 is 34.8 Å². The van der Waals surface area contributed by atoms with Crippen molar-refractivity contribution in [3.8, 4) is 0 Å². The highest BCUT2D eigenvalue weighted by Gasteiger charge is 2.18. The van der Waals surface area contributed by atoms with Gasteiger partial charge in [0, 0.05) is 5.56 Å². The van der Waals surface area contributed by atoms with Crippen LogP contribution in [-0.2, 0) is 10.0 Å². The Morgan fingerprint density at radius 1 is 0.862 bits per heavy atom. The van der Waals surface area contributed by atoms with E-state index in [0.717, 1.165) is 5.56 Å². The van der Waals surface area contributed by atoms with Gasteiger partial charge in [0.1, 0.15) is 0 Å². The fourth-order valence-corrected chi connectivity index (χ4v) is 4.33. The lowest BCUT2D eigenvalue weighted by atomic mass is 10.2. The third-order valence-corrected chi connectivity index (χ3v) is 6.53. The predicted octanol–water partition coefficient (Wildman–Crippen LogP) is 6.01. The second-order valence-corrected chi connectivity index (χ2v) is 9.05. The molecular formula is C20H15Cl3N2O3S. The molecule has 0 spiro atoms. The van der Waals surface area contributed by atoms with Crippen molar-refractivity contribution in [3.05, 3.63) is 86.9 Å². The number of rotatable bonds is 5. The van der Waals surface area contributed by atoms with Crippen LogP contribution in [0.15, 0.2) is 65.6 Å². The summed E-state index contributed by atoms with van der Waals surface area (Å²) in [5, 5.41) is 3.08. The van der Waals surface area contributed by atoms with Crippen LogP contribution in [-0.4, -0.2) is 14.3 Å². The first-order valence-electron chi connectivity index (χ1n) is 8.32. The minimum Gasteiger partial charge on any atom is -0.320 e. The highest BCUT2D eigenvalue weighted by atomic mass is 35.5. The van der Waals surface area contributed by atoms with Crippen LogP contribution < -0.4 is 10.0 Å². The maximum Gasteiger partial charge on any atom is 0.261 e. The molecule has 0 unspecified atom stereocenters. The van der Waals surface area contributed by atoms with Gasteiger partial charge in [-0.1, -0.05) is 59.1 Å². The Bertz CT molecular complexity index is 1170. The van der Waals surface area contributed by atoms with E-state index < -0.39 is 15.9 Å². The highest BCUT2D eigenvalue weighted by molar-refractivity contribution is 7.92. The molecule has 0 fully saturated rings. The topological polar surface area (TPSA) is 75.3 Å². The Morgan fingerprint density at radius 2 is 1.48 bits per heavy atom. The van der Waals surface area contributed by atoms with Gasteiger partial charge in [0.25, 0.3) is 15.9 Å². The minimum absolute atomic E-state index is 0.120. The van der Waals surface area contributed by atoms with Gasteiger partial charge < -0.3 is 5.32 Å². The van der Waals surface area contributed by atoms with E-state index in [4.69, 9.17) is 34.8 Å². The smallest absolute Gasteiger partial charge is 0.261 e. The van der Waals surface area contributed by atoms with Gasteiger partial charge in [-0.25, -0.2) is 8.42 Å². The Hall–Kier alpha value is -2.25. The number of hydrogen-bond donors (Lipinski definition) is 2. The molecule has 5 nitrogen and oxygen atoms in total. The summed E-state index contributed by atoms with van der Waals surface area (Å²) in [5.41, 5.74) is 1.48. The molecule has 150 valence electrons. The van der Waals surface area contributed by atoms with E-state index in [1.165, 1.54) is 18.2 Å². The number of anilines is 2. The zero-order valence-electron chi connectivity index (χ0n) is 15.0. The molecule has 0 aliphatic heterocycles. The summed E-state index contributed by atoms with van der Waals surface area (Å²) in [6.45, 7) is 1.80. The van der Waals surface area contributed by atoms with Crippen molar-refractivity contribution in [1.82, 2.24) is 0 Å². The van der Waals surface area contributed by atoms with Crippen LogP contribution in [0.3, 0.4) is 0 Å². The van der Waals surface area contributed by atoms with Crippen molar-refractivity contribution in [2.45, 2.75) is 11.8 Å². The fourth-order valence-electron chi connectivity index (χ4n) is 2.55. The molecular weight excluding hydrogens is 455 g/mol. The van der Waals surface area contributed by atoms with Crippen LogP contribution in [0.1, 0.15) is 15.9 Å². The Balaban J connectivity index is 1.89. The van der Waals surface area contributed by atoms with E-state index in [1.807, 2.05) is 0 Å². The molecule has 0 radical (unpaired) electrons. The van der Waals surface area contributed by atoms with Gasteiger partial charge in [-0.3, -0.25) is 9.52 Å². The second-order valence-electron chi connectivity index (χ2n) is 6.18. The summed E-state index contributed by atoms with van der Waals surface area (Å²) in [7, 11) is -3.84. The molecule has 0 saturated heterocycles. The quantitative estimate of drug-likeness (QED) is 0.449. The lowest BCUT2D eigenvalue weighted by Gasteiger charge is -2.14. The Morgan fingerprint density at radius 3 is 2.10 bits per heavy atom. The molecule has 3 rings (SSSR count). The molecule has 2 N–H and O–H groups in total. The van der Waals surface area contributed by atoms with Crippen molar-refractivity contribution in [3.63, 3.8) is 0 Å². The molecule has 0 aromatic heterocycles. The van der Waals surface area contributed by atoms with Crippen LogP contribution in [0.5, 0.6) is 0 Å². The highest BCUT2D eigenvalue weighted by Crippen LogP contribution is 2.32. The van der Waals surface area contributed by atoms with Gasteiger partial charge in [0.2, 0.25) is 0 Å². The van der Waals surface area contributed by atoms with Crippen molar-refractivity contribution >= 4 is 62.1 Å². The van der Waals surface area contributed by atoms with Gasteiger partial charge in [-0.2, -0.15) is 0 Å². The maximum atomic E-state index is 12.7. The van der Waals surface area contributed by atoms with E-state index in [1.54, 1.807) is 49.4 Å². The number of nitrogens with one attached hydrogen (secondary N) is 2. The van der Waals surface area contributed by atoms with Gasteiger partial charge >= 0.3 is 0 Å². The number of carbonyl (C=O) groups excluding carboxylic acids is 1. The number of sulfonamides is 1. The molecule has 0 aliphatic rings. The van der Waals surface area contributed by atoms with Crippen LogP contribution in [0.2, 0.25) is 15.1 Å². The molecule has 0 atom stereocenters. The Labute approximate surface area is 183 Å². The lowest BCUT2D eigenvalue weighted by Crippen LogP contribution is -2.17. The largest absolute Gasteiger partial charge is 0.320 e. The number of carbonyl (C=O) groups is 1. The first-order valence-corrected chi connectivity index (χ1v) is 10.9. The molecule has 0 bridgehead atoms. The lowest BCUT2D eigenvalue weighted by molar-refractivity contribution is 0.102. The number of amides is 1. The molecule has 0 saturated carbocycles. The average molecular weight is 470 g/mol. The summed E-state index contributed by atoms with van der Waals surface area (Å²) in [6, 6.07) is 15.7. The first kappa shape index (κ1) is 21.5. The molecule has 3 aromatic carbocycles. The molecule has 29 heavy (non-hydrogen) atoms.